The number of aryl methyl sites for hydroxylation is 1. The molecule has 4 nitrogen and oxygen atoms in total. The number of alkyl halides is 3. The van der Waals surface area contributed by atoms with Crippen LogP contribution in [0.3, 0.4) is 0 Å². The molecule has 138 valence electrons. The molecule has 0 saturated carbocycles. The van der Waals surface area contributed by atoms with E-state index < -0.39 is 17.6 Å². The van der Waals surface area contributed by atoms with Crippen molar-refractivity contribution < 1.29 is 18.0 Å². The van der Waals surface area contributed by atoms with Crippen molar-refractivity contribution in [3.8, 4) is 0 Å². The van der Waals surface area contributed by atoms with Gasteiger partial charge in [0.15, 0.2) is 0 Å². The molecule has 1 aromatic carbocycles. The van der Waals surface area contributed by atoms with Gasteiger partial charge in [0.2, 0.25) is 0 Å². The average Bonchev–Trinajstić information content (AvgIpc) is 2.61. The smallest absolute Gasteiger partial charge is 0.370 e. The Hall–Kier alpha value is -2.57. The van der Waals surface area contributed by atoms with Gasteiger partial charge in [-0.15, -0.1) is 0 Å². The number of aromatic nitrogens is 1. The van der Waals surface area contributed by atoms with Gasteiger partial charge in [0, 0.05) is 18.8 Å². The van der Waals surface area contributed by atoms with E-state index in [1.165, 1.54) is 12.1 Å². The largest absolute Gasteiger partial charge is 0.416 e. The summed E-state index contributed by atoms with van der Waals surface area (Å²) >= 11 is 0. The van der Waals surface area contributed by atoms with Crippen LogP contribution >= 0.6 is 0 Å². The molecule has 2 aromatic rings. The van der Waals surface area contributed by atoms with Crippen molar-refractivity contribution >= 4 is 17.3 Å². The quantitative estimate of drug-likeness (QED) is 0.863. The molecule has 1 saturated heterocycles. The van der Waals surface area contributed by atoms with Crippen LogP contribution in [0, 0.1) is 6.92 Å². The first-order valence-corrected chi connectivity index (χ1v) is 8.56. The van der Waals surface area contributed by atoms with Crippen LogP contribution < -0.4 is 10.2 Å². The normalized spacial score (nSPS) is 15.0. The number of rotatable bonds is 3. The second kappa shape index (κ2) is 7.35. The summed E-state index contributed by atoms with van der Waals surface area (Å²) in [5, 5.41) is 2.62. The zero-order valence-electron chi connectivity index (χ0n) is 14.4. The molecule has 0 atom stereocenters. The second-order valence-electron chi connectivity index (χ2n) is 6.40. The lowest BCUT2D eigenvalue weighted by molar-refractivity contribution is -0.137. The van der Waals surface area contributed by atoms with Crippen molar-refractivity contribution in [2.45, 2.75) is 32.4 Å². The van der Waals surface area contributed by atoms with Gasteiger partial charge in [-0.3, -0.25) is 4.79 Å². The highest BCUT2D eigenvalue weighted by molar-refractivity contribution is 6.04. The molecule has 26 heavy (non-hydrogen) atoms. The Balaban J connectivity index is 1.94. The van der Waals surface area contributed by atoms with Crippen LogP contribution in [0.1, 0.15) is 41.0 Å². The van der Waals surface area contributed by atoms with E-state index in [4.69, 9.17) is 0 Å². The summed E-state index contributed by atoms with van der Waals surface area (Å²) < 4.78 is 39.3. The van der Waals surface area contributed by atoms with Gasteiger partial charge in [-0.1, -0.05) is 6.07 Å². The number of carbonyl (C=O) groups excluding carboxylic acids is 1. The predicted octanol–water partition coefficient (Wildman–Crippen LogP) is 4.65. The van der Waals surface area contributed by atoms with Gasteiger partial charge in [0.05, 0.1) is 16.9 Å². The summed E-state index contributed by atoms with van der Waals surface area (Å²) in [5.41, 5.74) is 0.824. The number of pyridine rings is 1. The Labute approximate surface area is 150 Å². The maximum Gasteiger partial charge on any atom is 0.416 e. The topological polar surface area (TPSA) is 45.2 Å². The molecule has 0 aliphatic carbocycles. The molecule has 1 fully saturated rings. The van der Waals surface area contributed by atoms with Crippen molar-refractivity contribution in [3.63, 3.8) is 0 Å². The minimum absolute atomic E-state index is 0.162. The summed E-state index contributed by atoms with van der Waals surface area (Å²) in [4.78, 5) is 18.6. The summed E-state index contributed by atoms with van der Waals surface area (Å²) in [6, 6.07) is 8.47. The van der Waals surface area contributed by atoms with Crippen LogP contribution in [0.5, 0.6) is 0 Å². The van der Waals surface area contributed by atoms with E-state index in [9.17, 15) is 18.0 Å². The van der Waals surface area contributed by atoms with E-state index in [-0.39, 0.29) is 11.4 Å². The van der Waals surface area contributed by atoms with E-state index in [2.05, 4.69) is 10.3 Å². The van der Waals surface area contributed by atoms with Crippen molar-refractivity contribution in [2.75, 3.05) is 23.3 Å². The molecule has 7 heteroatoms. The fraction of sp³-hybridized carbons (Fsp3) is 0.368. The Morgan fingerprint density at radius 3 is 2.50 bits per heavy atom. The third kappa shape index (κ3) is 4.15. The number of hydrogen-bond donors (Lipinski definition) is 1. The van der Waals surface area contributed by atoms with Crippen LogP contribution in [0.15, 0.2) is 36.4 Å². The maximum absolute atomic E-state index is 13.1. The Morgan fingerprint density at radius 2 is 1.85 bits per heavy atom. The lowest BCUT2D eigenvalue weighted by Gasteiger charge is -2.31. The first kappa shape index (κ1) is 18.2. The van der Waals surface area contributed by atoms with Gasteiger partial charge in [0.1, 0.15) is 5.69 Å². The molecule has 0 bridgehead atoms. The van der Waals surface area contributed by atoms with Gasteiger partial charge in [-0.25, -0.2) is 4.98 Å². The zero-order valence-corrected chi connectivity index (χ0v) is 14.4. The molecular weight excluding hydrogens is 343 g/mol. The summed E-state index contributed by atoms with van der Waals surface area (Å²) in [6.07, 6.45) is -1.41. The molecule has 1 aliphatic heterocycles. The van der Waals surface area contributed by atoms with Crippen LogP contribution in [-0.4, -0.2) is 24.0 Å². The summed E-state index contributed by atoms with van der Waals surface area (Å²) in [6.45, 7) is 3.27. The van der Waals surface area contributed by atoms with Crippen molar-refractivity contribution in [1.29, 1.82) is 0 Å². The highest BCUT2D eigenvalue weighted by atomic mass is 19.4. The van der Waals surface area contributed by atoms with E-state index in [0.29, 0.717) is 11.4 Å². The van der Waals surface area contributed by atoms with E-state index in [0.717, 1.165) is 44.5 Å². The van der Waals surface area contributed by atoms with Crippen molar-refractivity contribution in [2.24, 2.45) is 0 Å². The molecule has 0 radical (unpaired) electrons. The number of carbonyl (C=O) groups is 1. The average molecular weight is 363 g/mol. The number of halogens is 3. The van der Waals surface area contributed by atoms with Crippen molar-refractivity contribution in [1.82, 2.24) is 4.98 Å². The highest BCUT2D eigenvalue weighted by Crippen LogP contribution is 2.36. The third-order valence-electron chi connectivity index (χ3n) is 4.39. The fourth-order valence-electron chi connectivity index (χ4n) is 3.08. The number of benzene rings is 1. The molecule has 3 rings (SSSR count). The second-order valence-corrected chi connectivity index (χ2v) is 6.40. The highest BCUT2D eigenvalue weighted by Gasteiger charge is 2.32. The van der Waals surface area contributed by atoms with Crippen LogP contribution in [-0.2, 0) is 6.18 Å². The van der Waals surface area contributed by atoms with Gasteiger partial charge in [0.25, 0.3) is 5.91 Å². The molecule has 1 aliphatic rings. The molecule has 2 heterocycles. The molecule has 0 unspecified atom stereocenters. The predicted molar refractivity (Wildman–Crippen MR) is 94.4 cm³/mol. The number of amides is 1. The molecule has 0 spiro atoms. The van der Waals surface area contributed by atoms with E-state index >= 15 is 0 Å². The van der Waals surface area contributed by atoms with Crippen LogP contribution in [0.4, 0.5) is 24.5 Å². The first-order chi connectivity index (χ1) is 12.3. The number of hydrogen-bond acceptors (Lipinski definition) is 3. The fourth-order valence-corrected chi connectivity index (χ4v) is 3.08. The molecule has 1 N–H and O–H groups in total. The van der Waals surface area contributed by atoms with Gasteiger partial charge >= 0.3 is 6.18 Å². The maximum atomic E-state index is 13.1. The minimum Gasteiger partial charge on any atom is -0.370 e. The molecule has 1 aromatic heterocycles. The SMILES string of the molecule is Cc1cccc(C(=O)Nc2cc(C(F)(F)F)ccc2N2CCCCC2)n1. The number of nitrogens with zero attached hydrogens (tertiary/aromatic N) is 2. The monoisotopic (exact) mass is 363 g/mol. The summed E-state index contributed by atoms with van der Waals surface area (Å²) in [5.74, 6) is -0.522. The lowest BCUT2D eigenvalue weighted by Crippen LogP contribution is -2.30. The minimum atomic E-state index is -4.47. The van der Waals surface area contributed by atoms with Gasteiger partial charge in [-0.05, 0) is 56.5 Å². The number of nitrogens with one attached hydrogen (secondary N) is 1. The Bertz CT molecular complexity index is 799. The Kier molecular flexibility index (Phi) is 5.15. The molecular formula is C19H20F3N3O. The zero-order chi connectivity index (χ0) is 18.7. The molecule has 1 amide bonds. The van der Waals surface area contributed by atoms with Gasteiger partial charge in [-0.2, -0.15) is 13.2 Å². The number of piperidine rings is 1. The standard InChI is InChI=1S/C19H20F3N3O/c1-13-6-5-7-15(23-13)18(26)24-16-12-14(19(20,21)22)8-9-17(16)25-10-3-2-4-11-25/h5-9,12H,2-4,10-11H2,1H3,(H,24,26). The van der Waals surface area contributed by atoms with Crippen molar-refractivity contribution in [3.05, 3.63) is 53.3 Å². The van der Waals surface area contributed by atoms with E-state index in [1.807, 2.05) is 4.90 Å². The first-order valence-electron chi connectivity index (χ1n) is 8.56. The third-order valence-corrected chi connectivity index (χ3v) is 4.39. The summed E-state index contributed by atoms with van der Waals surface area (Å²) in [7, 11) is 0. The number of anilines is 2. The Morgan fingerprint density at radius 1 is 1.12 bits per heavy atom. The van der Waals surface area contributed by atoms with Crippen LogP contribution in [0.2, 0.25) is 0 Å². The van der Waals surface area contributed by atoms with E-state index in [1.54, 1.807) is 19.1 Å². The lowest BCUT2D eigenvalue weighted by atomic mass is 10.1. The van der Waals surface area contributed by atoms with Crippen LogP contribution in [0.25, 0.3) is 0 Å². The van der Waals surface area contributed by atoms with Gasteiger partial charge < -0.3 is 10.2 Å².